The molecule has 1 atom stereocenters. The van der Waals surface area contributed by atoms with Gasteiger partial charge in [-0.25, -0.2) is 0 Å². The minimum Gasteiger partial charge on any atom is -0.349 e. The van der Waals surface area contributed by atoms with Crippen molar-refractivity contribution in [3.05, 3.63) is 36.7 Å². The molecule has 1 aromatic carbocycles. The minimum atomic E-state index is -0.0339. The van der Waals surface area contributed by atoms with E-state index in [0.29, 0.717) is 5.92 Å². The zero-order valence-electron chi connectivity index (χ0n) is 12.1. The van der Waals surface area contributed by atoms with E-state index in [1.54, 1.807) is 6.20 Å². The number of aromatic nitrogens is 1. The van der Waals surface area contributed by atoms with Crippen molar-refractivity contribution in [2.75, 3.05) is 5.32 Å². The highest BCUT2D eigenvalue weighted by atomic mass is 32.1. The summed E-state index contributed by atoms with van der Waals surface area (Å²) in [6.07, 6.45) is 9.97. The first-order valence-corrected chi connectivity index (χ1v) is 8.05. The van der Waals surface area contributed by atoms with Crippen LogP contribution in [0, 0.1) is 5.92 Å². The lowest BCUT2D eigenvalue weighted by molar-refractivity contribution is 0.342. The molecule has 110 valence electrons. The summed E-state index contributed by atoms with van der Waals surface area (Å²) in [6, 6.07) is 8.15. The molecule has 0 bridgehead atoms. The predicted octanol–water partition coefficient (Wildman–Crippen LogP) is 3.88. The van der Waals surface area contributed by atoms with Crippen LogP contribution in [0.2, 0.25) is 0 Å². The van der Waals surface area contributed by atoms with Crippen LogP contribution in [0.3, 0.4) is 0 Å². The maximum atomic E-state index is 6.34. The van der Waals surface area contributed by atoms with Crippen LogP contribution in [0.4, 0.5) is 5.69 Å². The fourth-order valence-corrected chi connectivity index (χ4v) is 3.40. The minimum absolute atomic E-state index is 0.0339. The Bertz CT molecular complexity index is 635. The van der Waals surface area contributed by atoms with Gasteiger partial charge in [0.15, 0.2) is 0 Å². The van der Waals surface area contributed by atoms with Gasteiger partial charge in [0.2, 0.25) is 0 Å². The van der Waals surface area contributed by atoms with Gasteiger partial charge in [-0.05, 0) is 42.3 Å². The lowest BCUT2D eigenvalue weighted by Crippen LogP contribution is -2.41. The van der Waals surface area contributed by atoms with Crippen molar-refractivity contribution in [1.82, 2.24) is 4.98 Å². The Labute approximate surface area is 130 Å². The number of pyridine rings is 1. The monoisotopic (exact) mass is 299 g/mol. The van der Waals surface area contributed by atoms with E-state index in [1.165, 1.54) is 32.1 Å². The molecule has 3 nitrogen and oxygen atoms in total. The number of hydrogen-bond donors (Lipinski definition) is 2. The number of anilines is 1. The number of fused-ring (bicyclic) bond motifs is 1. The number of nitrogens with two attached hydrogens (primary N) is 1. The van der Waals surface area contributed by atoms with E-state index in [4.69, 9.17) is 18.0 Å². The first kappa shape index (κ1) is 14.4. The van der Waals surface area contributed by atoms with E-state index < -0.39 is 0 Å². The van der Waals surface area contributed by atoms with Crippen LogP contribution >= 0.6 is 12.2 Å². The zero-order chi connectivity index (χ0) is 14.7. The highest BCUT2D eigenvalue weighted by molar-refractivity contribution is 7.80. The summed E-state index contributed by atoms with van der Waals surface area (Å²) in [6.45, 7) is 0. The second-order valence-electron chi connectivity index (χ2n) is 5.85. The smallest absolute Gasteiger partial charge is 0.0970 e. The molecule has 0 amide bonds. The van der Waals surface area contributed by atoms with E-state index >= 15 is 0 Å². The third-order valence-corrected chi connectivity index (χ3v) is 4.74. The molecule has 0 unspecified atom stereocenters. The second-order valence-corrected chi connectivity index (χ2v) is 6.29. The predicted molar refractivity (Wildman–Crippen MR) is 92.5 cm³/mol. The number of nitrogens with zero attached hydrogens (tertiary/aromatic N) is 1. The summed E-state index contributed by atoms with van der Waals surface area (Å²) < 4.78 is 0. The number of thiocarbonyl (C=S) groups is 1. The van der Waals surface area contributed by atoms with Crippen LogP contribution in [-0.4, -0.2) is 16.0 Å². The third-order valence-electron chi connectivity index (χ3n) is 4.37. The molecule has 0 aliphatic heterocycles. The summed E-state index contributed by atoms with van der Waals surface area (Å²) >= 11 is 5.51. The van der Waals surface area contributed by atoms with Gasteiger partial charge in [-0.1, -0.05) is 37.5 Å². The first-order chi connectivity index (χ1) is 10.2. The van der Waals surface area contributed by atoms with Gasteiger partial charge in [0.1, 0.15) is 0 Å². The number of hydrogen-bond acceptors (Lipinski definition) is 3. The summed E-state index contributed by atoms with van der Waals surface area (Å²) in [5.74, 6) is 0.531. The van der Waals surface area contributed by atoms with Gasteiger partial charge >= 0.3 is 0 Å². The Morgan fingerprint density at radius 3 is 2.81 bits per heavy atom. The first-order valence-electron chi connectivity index (χ1n) is 7.64. The van der Waals surface area contributed by atoms with Gasteiger partial charge in [-0.15, -0.1) is 0 Å². The molecular weight excluding hydrogens is 278 g/mol. The average molecular weight is 299 g/mol. The molecule has 1 heterocycles. The standard InChI is InChI=1S/C17H21N3S/c18-16(12-4-2-1-3-5-12)17(21)20-15-7-6-14-11-19-9-8-13(14)10-15/h6-12,16H,1-5,18H2,(H,20,21)/t16-/m1/s1. The normalized spacial score (nSPS) is 17.6. The van der Waals surface area contributed by atoms with Gasteiger partial charge in [0.25, 0.3) is 0 Å². The Balaban J connectivity index is 1.70. The van der Waals surface area contributed by atoms with Crippen molar-refractivity contribution in [3.8, 4) is 0 Å². The van der Waals surface area contributed by atoms with Crippen LogP contribution in [0.15, 0.2) is 36.7 Å². The van der Waals surface area contributed by atoms with E-state index in [-0.39, 0.29) is 6.04 Å². The molecule has 1 aliphatic rings. The number of rotatable bonds is 3. The summed E-state index contributed by atoms with van der Waals surface area (Å²) in [4.78, 5) is 4.89. The molecule has 1 fully saturated rings. The fraction of sp³-hybridized carbons (Fsp3) is 0.412. The van der Waals surface area contributed by atoms with E-state index in [1.807, 2.05) is 18.3 Å². The molecule has 1 aliphatic carbocycles. The van der Waals surface area contributed by atoms with Crippen molar-refractivity contribution < 1.29 is 0 Å². The van der Waals surface area contributed by atoms with E-state index in [2.05, 4.69) is 22.4 Å². The highest BCUT2D eigenvalue weighted by Gasteiger charge is 2.23. The van der Waals surface area contributed by atoms with Gasteiger partial charge in [0, 0.05) is 23.5 Å². The Morgan fingerprint density at radius 2 is 2.00 bits per heavy atom. The molecule has 1 aromatic heterocycles. The van der Waals surface area contributed by atoms with Crippen molar-refractivity contribution in [2.45, 2.75) is 38.1 Å². The SMILES string of the molecule is N[C@@H](C(=S)Nc1ccc2cnccc2c1)C1CCCCC1. The Morgan fingerprint density at radius 1 is 1.19 bits per heavy atom. The Hall–Kier alpha value is -1.52. The molecule has 1 saturated carbocycles. The largest absolute Gasteiger partial charge is 0.349 e. The maximum absolute atomic E-state index is 6.34. The van der Waals surface area contributed by atoms with E-state index in [0.717, 1.165) is 21.4 Å². The van der Waals surface area contributed by atoms with Crippen molar-refractivity contribution in [3.63, 3.8) is 0 Å². The van der Waals surface area contributed by atoms with Crippen LogP contribution in [0.25, 0.3) is 10.8 Å². The lowest BCUT2D eigenvalue weighted by atomic mass is 9.84. The topological polar surface area (TPSA) is 50.9 Å². The zero-order valence-corrected chi connectivity index (χ0v) is 12.9. The fourth-order valence-electron chi connectivity index (χ4n) is 3.09. The lowest BCUT2D eigenvalue weighted by Gasteiger charge is -2.28. The Kier molecular flexibility index (Phi) is 4.46. The second kappa shape index (κ2) is 6.50. The van der Waals surface area contributed by atoms with Crippen molar-refractivity contribution in [1.29, 1.82) is 0 Å². The number of benzene rings is 1. The van der Waals surface area contributed by atoms with Gasteiger partial charge in [-0.3, -0.25) is 4.98 Å². The molecule has 4 heteroatoms. The molecule has 0 saturated heterocycles. The third kappa shape index (κ3) is 3.39. The maximum Gasteiger partial charge on any atom is 0.0970 e. The van der Waals surface area contributed by atoms with Crippen LogP contribution in [0.5, 0.6) is 0 Å². The molecule has 0 spiro atoms. The quantitative estimate of drug-likeness (QED) is 0.844. The van der Waals surface area contributed by atoms with Crippen LogP contribution < -0.4 is 11.1 Å². The van der Waals surface area contributed by atoms with Gasteiger partial charge < -0.3 is 11.1 Å². The van der Waals surface area contributed by atoms with Crippen LogP contribution in [0.1, 0.15) is 32.1 Å². The van der Waals surface area contributed by atoms with Crippen molar-refractivity contribution in [2.24, 2.45) is 11.7 Å². The van der Waals surface area contributed by atoms with Gasteiger partial charge in [-0.2, -0.15) is 0 Å². The molecule has 21 heavy (non-hydrogen) atoms. The molecular formula is C17H21N3S. The molecule has 3 N–H and O–H groups in total. The summed E-state index contributed by atoms with van der Waals surface area (Å²) in [5.41, 5.74) is 7.34. The van der Waals surface area contributed by atoms with E-state index in [9.17, 15) is 0 Å². The van der Waals surface area contributed by atoms with Gasteiger partial charge in [0.05, 0.1) is 11.0 Å². The van der Waals surface area contributed by atoms with Crippen molar-refractivity contribution >= 4 is 33.7 Å². The summed E-state index contributed by atoms with van der Waals surface area (Å²) in [7, 11) is 0. The van der Waals surface area contributed by atoms with Crippen LogP contribution in [-0.2, 0) is 0 Å². The molecule has 3 rings (SSSR count). The molecule has 0 radical (unpaired) electrons. The summed E-state index contributed by atoms with van der Waals surface area (Å²) in [5, 5.41) is 5.60. The molecule has 2 aromatic rings. The average Bonchev–Trinajstić information content (AvgIpc) is 2.55. The number of nitrogens with one attached hydrogen (secondary N) is 1. The highest BCUT2D eigenvalue weighted by Crippen LogP contribution is 2.27.